The minimum absolute atomic E-state index is 0.111. The second-order valence-electron chi connectivity index (χ2n) is 6.41. The van der Waals surface area contributed by atoms with Gasteiger partial charge in [-0.1, -0.05) is 32.0 Å². The van der Waals surface area contributed by atoms with Gasteiger partial charge in [0.1, 0.15) is 10.8 Å². The van der Waals surface area contributed by atoms with Crippen molar-refractivity contribution >= 4 is 28.9 Å². The molecule has 0 saturated carbocycles. The molecule has 5 nitrogen and oxygen atoms in total. The number of hydrogen-bond donors (Lipinski definition) is 1. The molecule has 1 aromatic heterocycles. The number of benzene rings is 2. The standard InChI is InChI=1S/C21H19FN2O3S/c1-13(2)16-5-3-4-6-17(16)23-19(25)11-27-21(26)18-12-28-20(24-18)14-7-9-15(22)10-8-14/h3-10,12-13H,11H2,1-2H3,(H,23,25). The van der Waals surface area contributed by atoms with Gasteiger partial charge in [-0.25, -0.2) is 14.2 Å². The van der Waals surface area contributed by atoms with E-state index in [-0.39, 0.29) is 17.4 Å². The Kier molecular flexibility index (Phi) is 6.16. The molecule has 1 amide bonds. The van der Waals surface area contributed by atoms with Crippen molar-refractivity contribution in [1.82, 2.24) is 4.98 Å². The molecule has 28 heavy (non-hydrogen) atoms. The van der Waals surface area contributed by atoms with Crippen LogP contribution in [-0.4, -0.2) is 23.5 Å². The number of aromatic nitrogens is 1. The highest BCUT2D eigenvalue weighted by atomic mass is 32.1. The van der Waals surface area contributed by atoms with Gasteiger partial charge in [0, 0.05) is 16.6 Å². The van der Waals surface area contributed by atoms with Crippen LogP contribution in [0.1, 0.15) is 35.8 Å². The Hall–Kier alpha value is -3.06. The van der Waals surface area contributed by atoms with Gasteiger partial charge in [0.15, 0.2) is 12.3 Å². The van der Waals surface area contributed by atoms with Crippen LogP contribution < -0.4 is 5.32 Å². The Balaban J connectivity index is 1.59. The molecule has 0 aliphatic rings. The lowest BCUT2D eigenvalue weighted by Gasteiger charge is -2.13. The summed E-state index contributed by atoms with van der Waals surface area (Å²) in [5, 5.41) is 4.89. The monoisotopic (exact) mass is 398 g/mol. The Labute approximate surface area is 166 Å². The van der Waals surface area contributed by atoms with E-state index in [1.807, 2.05) is 38.1 Å². The fourth-order valence-electron chi connectivity index (χ4n) is 2.60. The predicted molar refractivity (Wildman–Crippen MR) is 107 cm³/mol. The molecule has 3 aromatic rings. The summed E-state index contributed by atoms with van der Waals surface area (Å²) in [5.74, 6) is -1.20. The molecule has 144 valence electrons. The van der Waals surface area contributed by atoms with Crippen molar-refractivity contribution in [3.8, 4) is 10.6 Å². The van der Waals surface area contributed by atoms with Gasteiger partial charge in [-0.2, -0.15) is 0 Å². The molecule has 0 saturated heterocycles. The van der Waals surface area contributed by atoms with Gasteiger partial charge < -0.3 is 10.1 Å². The second kappa shape index (κ2) is 8.75. The summed E-state index contributed by atoms with van der Waals surface area (Å²) in [6.45, 7) is 3.66. The molecule has 0 fully saturated rings. The molecule has 2 aromatic carbocycles. The van der Waals surface area contributed by atoms with Crippen LogP contribution in [0.15, 0.2) is 53.9 Å². The van der Waals surface area contributed by atoms with E-state index in [0.717, 1.165) is 5.56 Å². The van der Waals surface area contributed by atoms with E-state index in [9.17, 15) is 14.0 Å². The number of nitrogens with one attached hydrogen (secondary N) is 1. The number of esters is 1. The van der Waals surface area contributed by atoms with Crippen LogP contribution in [0.5, 0.6) is 0 Å². The van der Waals surface area contributed by atoms with Gasteiger partial charge in [0.2, 0.25) is 0 Å². The van der Waals surface area contributed by atoms with Crippen LogP contribution in [0.25, 0.3) is 10.6 Å². The maximum Gasteiger partial charge on any atom is 0.358 e. The summed E-state index contributed by atoms with van der Waals surface area (Å²) in [6.07, 6.45) is 0. The normalized spacial score (nSPS) is 10.7. The lowest BCUT2D eigenvalue weighted by Crippen LogP contribution is -2.21. The number of carbonyl (C=O) groups is 2. The van der Waals surface area contributed by atoms with Gasteiger partial charge >= 0.3 is 5.97 Å². The number of amides is 1. The molecular weight excluding hydrogens is 379 g/mol. The highest BCUT2D eigenvalue weighted by molar-refractivity contribution is 7.13. The van der Waals surface area contributed by atoms with Crippen molar-refractivity contribution in [2.45, 2.75) is 19.8 Å². The van der Waals surface area contributed by atoms with Crippen molar-refractivity contribution in [1.29, 1.82) is 0 Å². The first kappa shape index (κ1) is 19.7. The maximum atomic E-state index is 13.0. The van der Waals surface area contributed by atoms with Gasteiger partial charge in [0.25, 0.3) is 5.91 Å². The largest absolute Gasteiger partial charge is 0.451 e. The number of nitrogens with zero attached hydrogens (tertiary/aromatic N) is 1. The minimum Gasteiger partial charge on any atom is -0.451 e. The Bertz CT molecular complexity index is 983. The van der Waals surface area contributed by atoms with E-state index >= 15 is 0 Å². The number of hydrogen-bond acceptors (Lipinski definition) is 5. The fourth-order valence-corrected chi connectivity index (χ4v) is 3.39. The van der Waals surface area contributed by atoms with Crippen molar-refractivity contribution in [2.75, 3.05) is 11.9 Å². The topological polar surface area (TPSA) is 68.3 Å². The smallest absolute Gasteiger partial charge is 0.358 e. The zero-order chi connectivity index (χ0) is 20.1. The zero-order valence-electron chi connectivity index (χ0n) is 15.4. The number of thiazole rings is 1. The molecular formula is C21H19FN2O3S. The third-order valence-corrected chi connectivity index (χ3v) is 4.89. The van der Waals surface area contributed by atoms with E-state index in [4.69, 9.17) is 4.74 Å². The quantitative estimate of drug-likeness (QED) is 0.602. The molecule has 1 heterocycles. The van der Waals surface area contributed by atoms with E-state index in [0.29, 0.717) is 16.3 Å². The summed E-state index contributed by atoms with van der Waals surface area (Å²) in [7, 11) is 0. The number of para-hydroxylation sites is 1. The summed E-state index contributed by atoms with van der Waals surface area (Å²) in [4.78, 5) is 28.5. The van der Waals surface area contributed by atoms with Gasteiger partial charge in [0.05, 0.1) is 0 Å². The summed E-state index contributed by atoms with van der Waals surface area (Å²) < 4.78 is 18.1. The Morgan fingerprint density at radius 1 is 1.14 bits per heavy atom. The average Bonchev–Trinajstić information content (AvgIpc) is 3.17. The molecule has 0 radical (unpaired) electrons. The number of carbonyl (C=O) groups excluding carboxylic acids is 2. The predicted octanol–water partition coefficient (Wildman–Crippen LogP) is 4.87. The van der Waals surface area contributed by atoms with Crippen molar-refractivity contribution in [2.24, 2.45) is 0 Å². The second-order valence-corrected chi connectivity index (χ2v) is 7.27. The van der Waals surface area contributed by atoms with Crippen LogP contribution in [0.3, 0.4) is 0 Å². The molecule has 3 rings (SSSR count). The highest BCUT2D eigenvalue weighted by Gasteiger charge is 2.16. The molecule has 0 spiro atoms. The Morgan fingerprint density at radius 2 is 1.86 bits per heavy atom. The first-order chi connectivity index (χ1) is 13.4. The fraction of sp³-hybridized carbons (Fsp3) is 0.190. The van der Waals surface area contributed by atoms with Crippen LogP contribution in [0, 0.1) is 5.82 Å². The molecule has 0 aliphatic carbocycles. The SMILES string of the molecule is CC(C)c1ccccc1NC(=O)COC(=O)c1csc(-c2ccc(F)cc2)n1. The third kappa shape index (κ3) is 4.80. The van der Waals surface area contributed by atoms with Gasteiger partial charge in [-0.15, -0.1) is 11.3 Å². The number of anilines is 1. The number of rotatable bonds is 6. The van der Waals surface area contributed by atoms with Crippen molar-refractivity contribution in [3.63, 3.8) is 0 Å². The molecule has 0 atom stereocenters. The van der Waals surface area contributed by atoms with Crippen molar-refractivity contribution < 1.29 is 18.7 Å². The zero-order valence-corrected chi connectivity index (χ0v) is 16.3. The first-order valence-electron chi connectivity index (χ1n) is 8.71. The highest BCUT2D eigenvalue weighted by Crippen LogP contribution is 2.25. The van der Waals surface area contributed by atoms with E-state index < -0.39 is 18.5 Å². The van der Waals surface area contributed by atoms with Gasteiger partial charge in [-0.05, 0) is 41.8 Å². The molecule has 0 aliphatic heterocycles. The van der Waals surface area contributed by atoms with Crippen LogP contribution >= 0.6 is 11.3 Å². The van der Waals surface area contributed by atoms with Gasteiger partial charge in [-0.3, -0.25) is 4.79 Å². The summed E-state index contributed by atoms with van der Waals surface area (Å²) in [5.41, 5.74) is 2.52. The lowest BCUT2D eigenvalue weighted by atomic mass is 10.0. The van der Waals surface area contributed by atoms with Crippen molar-refractivity contribution in [3.05, 3.63) is 71.0 Å². The maximum absolute atomic E-state index is 13.0. The third-order valence-electron chi connectivity index (χ3n) is 4.00. The number of ether oxygens (including phenoxy) is 1. The molecule has 7 heteroatoms. The molecule has 0 bridgehead atoms. The molecule has 1 N–H and O–H groups in total. The van der Waals surface area contributed by atoms with Crippen LogP contribution in [0.2, 0.25) is 0 Å². The first-order valence-corrected chi connectivity index (χ1v) is 9.59. The molecule has 0 unspecified atom stereocenters. The summed E-state index contributed by atoms with van der Waals surface area (Å²) >= 11 is 1.24. The van der Waals surface area contributed by atoms with E-state index in [1.165, 1.54) is 23.5 Å². The average molecular weight is 398 g/mol. The lowest BCUT2D eigenvalue weighted by molar-refractivity contribution is -0.119. The van der Waals surface area contributed by atoms with E-state index in [1.54, 1.807) is 17.5 Å². The van der Waals surface area contributed by atoms with Crippen LogP contribution in [0.4, 0.5) is 10.1 Å². The number of halogens is 1. The minimum atomic E-state index is -0.683. The Morgan fingerprint density at radius 3 is 2.57 bits per heavy atom. The van der Waals surface area contributed by atoms with E-state index in [2.05, 4.69) is 10.3 Å². The van der Waals surface area contributed by atoms with Crippen LogP contribution in [-0.2, 0) is 9.53 Å². The summed E-state index contributed by atoms with van der Waals surface area (Å²) in [6, 6.07) is 13.3.